The number of rotatable bonds is 54. The second kappa shape index (κ2) is 55.5. The predicted octanol–water partition coefficient (Wildman–Crippen LogP) is 19.5. The Morgan fingerprint density at radius 3 is 0.894 bits per heavy atom. The molecule has 0 rings (SSSR count). The first-order valence-electron chi connectivity index (χ1n) is 29.3. The second-order valence-corrected chi connectivity index (χ2v) is 19.9. The molecule has 0 heterocycles. The highest BCUT2D eigenvalue weighted by molar-refractivity contribution is 5.71. The number of hydrogen-bond acceptors (Lipinski definition) is 6. The van der Waals surface area contributed by atoms with Gasteiger partial charge in [0.1, 0.15) is 13.2 Å². The highest BCUT2D eigenvalue weighted by Gasteiger charge is 2.19. The summed E-state index contributed by atoms with van der Waals surface area (Å²) in [5.41, 5.74) is 0. The Balaban J connectivity index is 4.17. The lowest BCUT2D eigenvalue weighted by atomic mass is 10.0. The number of unbranched alkanes of at least 4 members (excludes halogenated alkanes) is 39. The van der Waals surface area contributed by atoms with E-state index in [4.69, 9.17) is 14.2 Å². The fourth-order valence-electron chi connectivity index (χ4n) is 8.78. The zero-order valence-electron chi connectivity index (χ0n) is 44.5. The maximum absolute atomic E-state index is 12.8. The van der Waals surface area contributed by atoms with Crippen LogP contribution >= 0.6 is 0 Å². The van der Waals surface area contributed by atoms with Crippen molar-refractivity contribution < 1.29 is 28.6 Å². The molecular weight excluding hydrogens is 817 g/mol. The van der Waals surface area contributed by atoms with Crippen LogP contribution in [0.1, 0.15) is 323 Å². The molecule has 388 valence electrons. The summed E-state index contributed by atoms with van der Waals surface area (Å²) in [7, 11) is 0. The minimum absolute atomic E-state index is 0.0718. The van der Waals surface area contributed by atoms with Crippen LogP contribution < -0.4 is 0 Å². The van der Waals surface area contributed by atoms with E-state index < -0.39 is 6.10 Å². The quantitative estimate of drug-likeness (QED) is 0.0262. The van der Waals surface area contributed by atoms with Crippen LogP contribution in [0.4, 0.5) is 0 Å². The van der Waals surface area contributed by atoms with Gasteiger partial charge in [-0.25, -0.2) is 0 Å². The van der Waals surface area contributed by atoms with Crippen LogP contribution in [0.15, 0.2) is 24.3 Å². The molecule has 0 amide bonds. The number of allylic oxidation sites excluding steroid dienone is 4. The molecule has 6 nitrogen and oxygen atoms in total. The summed E-state index contributed by atoms with van der Waals surface area (Å²) in [6.07, 6.45) is 64.7. The number of carbonyl (C=O) groups excluding carboxylic acids is 3. The molecule has 0 aliphatic heterocycles. The van der Waals surface area contributed by atoms with E-state index in [1.807, 2.05) is 0 Å². The Hall–Kier alpha value is -2.11. The molecule has 0 radical (unpaired) electrons. The summed E-state index contributed by atoms with van der Waals surface area (Å²) in [5, 5.41) is 0. The van der Waals surface area contributed by atoms with Gasteiger partial charge >= 0.3 is 17.9 Å². The topological polar surface area (TPSA) is 78.9 Å². The van der Waals surface area contributed by atoms with E-state index in [9.17, 15) is 14.4 Å². The molecule has 6 heteroatoms. The molecule has 0 aromatic rings. The van der Waals surface area contributed by atoms with Crippen molar-refractivity contribution in [3.63, 3.8) is 0 Å². The lowest BCUT2D eigenvalue weighted by Gasteiger charge is -2.18. The predicted molar refractivity (Wildman–Crippen MR) is 284 cm³/mol. The van der Waals surface area contributed by atoms with Crippen LogP contribution in [0.2, 0.25) is 0 Å². The summed E-state index contributed by atoms with van der Waals surface area (Å²) in [4.78, 5) is 38.0. The Bertz CT molecular complexity index is 1070. The molecule has 0 aromatic carbocycles. The first-order chi connectivity index (χ1) is 32.5. The monoisotopic (exact) mass is 929 g/mol. The molecule has 0 spiro atoms. The van der Waals surface area contributed by atoms with Gasteiger partial charge in [0.15, 0.2) is 6.10 Å². The van der Waals surface area contributed by atoms with Gasteiger partial charge in [-0.1, -0.05) is 283 Å². The molecule has 0 aliphatic carbocycles. The minimum atomic E-state index is -0.773. The van der Waals surface area contributed by atoms with E-state index in [1.165, 1.54) is 193 Å². The van der Waals surface area contributed by atoms with Gasteiger partial charge in [-0.3, -0.25) is 14.4 Å². The maximum Gasteiger partial charge on any atom is 0.306 e. The van der Waals surface area contributed by atoms with Crippen molar-refractivity contribution in [3.8, 4) is 0 Å². The molecule has 0 aromatic heterocycles. The number of hydrogen-bond donors (Lipinski definition) is 0. The normalized spacial score (nSPS) is 12.1. The summed E-state index contributed by atoms with van der Waals surface area (Å²) < 4.78 is 16.8. The molecule has 0 bridgehead atoms. The van der Waals surface area contributed by atoms with Gasteiger partial charge in [0, 0.05) is 19.3 Å². The number of esters is 3. The van der Waals surface area contributed by atoms with Crippen molar-refractivity contribution in [1.29, 1.82) is 0 Å². The van der Waals surface area contributed by atoms with Crippen molar-refractivity contribution in [3.05, 3.63) is 24.3 Å². The van der Waals surface area contributed by atoms with Crippen molar-refractivity contribution in [2.45, 2.75) is 329 Å². The van der Waals surface area contributed by atoms with E-state index >= 15 is 0 Å². The zero-order valence-corrected chi connectivity index (χ0v) is 44.5. The Labute approximate surface area is 411 Å². The van der Waals surface area contributed by atoms with Crippen molar-refractivity contribution in [1.82, 2.24) is 0 Å². The van der Waals surface area contributed by atoms with Crippen LogP contribution in [0.3, 0.4) is 0 Å². The Kier molecular flexibility index (Phi) is 53.7. The Morgan fingerprint density at radius 1 is 0.303 bits per heavy atom. The first kappa shape index (κ1) is 63.9. The molecule has 1 unspecified atom stereocenters. The molecule has 66 heavy (non-hydrogen) atoms. The molecule has 0 N–H and O–H groups in total. The average molecular weight is 930 g/mol. The summed E-state index contributed by atoms with van der Waals surface area (Å²) in [6.45, 7) is 6.60. The smallest absolute Gasteiger partial charge is 0.306 e. The van der Waals surface area contributed by atoms with Crippen LogP contribution in [-0.2, 0) is 28.6 Å². The lowest BCUT2D eigenvalue weighted by Crippen LogP contribution is -2.30. The van der Waals surface area contributed by atoms with E-state index in [0.29, 0.717) is 19.3 Å². The van der Waals surface area contributed by atoms with Gasteiger partial charge in [0.05, 0.1) is 0 Å². The van der Waals surface area contributed by atoms with Crippen molar-refractivity contribution in [2.24, 2.45) is 0 Å². The van der Waals surface area contributed by atoms with Crippen LogP contribution in [0.25, 0.3) is 0 Å². The highest BCUT2D eigenvalue weighted by Crippen LogP contribution is 2.17. The fraction of sp³-hybridized carbons (Fsp3) is 0.883. The number of carbonyl (C=O) groups is 3. The third-order valence-corrected chi connectivity index (χ3v) is 13.2. The summed E-state index contributed by atoms with van der Waals surface area (Å²) in [5.74, 6) is -0.868. The maximum atomic E-state index is 12.8. The van der Waals surface area contributed by atoms with Crippen LogP contribution in [0.5, 0.6) is 0 Å². The first-order valence-corrected chi connectivity index (χ1v) is 29.3. The van der Waals surface area contributed by atoms with Crippen LogP contribution in [0, 0.1) is 0 Å². The van der Waals surface area contributed by atoms with E-state index in [2.05, 4.69) is 45.1 Å². The van der Waals surface area contributed by atoms with E-state index in [-0.39, 0.29) is 31.1 Å². The fourth-order valence-corrected chi connectivity index (χ4v) is 8.78. The summed E-state index contributed by atoms with van der Waals surface area (Å²) >= 11 is 0. The standard InChI is InChI=1S/C60H112O6/c1-4-7-10-13-16-19-22-24-25-26-27-28-29-30-31-32-33-34-36-38-41-44-47-50-53-59(62)65-56-57(55-64-58(61)52-49-46-43-40-37-21-18-15-12-9-6-3)66-60(63)54-51-48-45-42-39-35-23-20-17-14-11-8-5-2/h11,14,20,23,57H,4-10,12-13,15-19,21-22,24-56H2,1-3H3/b14-11-,23-20-. The highest BCUT2D eigenvalue weighted by atomic mass is 16.6. The molecule has 0 fully saturated rings. The third kappa shape index (κ3) is 52.9. The van der Waals surface area contributed by atoms with Crippen LogP contribution in [-0.4, -0.2) is 37.2 Å². The van der Waals surface area contributed by atoms with Gasteiger partial charge in [-0.05, 0) is 44.9 Å². The lowest BCUT2D eigenvalue weighted by molar-refractivity contribution is -0.167. The van der Waals surface area contributed by atoms with Crippen molar-refractivity contribution >= 4 is 17.9 Å². The Morgan fingerprint density at radius 2 is 0.576 bits per heavy atom. The van der Waals surface area contributed by atoms with Gasteiger partial charge in [0.2, 0.25) is 0 Å². The molecule has 1 atom stereocenters. The largest absolute Gasteiger partial charge is 0.462 e. The molecular formula is C60H112O6. The van der Waals surface area contributed by atoms with Gasteiger partial charge in [-0.15, -0.1) is 0 Å². The third-order valence-electron chi connectivity index (χ3n) is 13.2. The number of ether oxygens (including phenoxy) is 3. The van der Waals surface area contributed by atoms with Crippen molar-refractivity contribution in [2.75, 3.05) is 13.2 Å². The van der Waals surface area contributed by atoms with Gasteiger partial charge in [0.25, 0.3) is 0 Å². The molecule has 0 saturated carbocycles. The second-order valence-electron chi connectivity index (χ2n) is 19.9. The summed E-state index contributed by atoms with van der Waals surface area (Å²) in [6, 6.07) is 0. The molecule has 0 saturated heterocycles. The van der Waals surface area contributed by atoms with Gasteiger partial charge < -0.3 is 14.2 Å². The molecule has 0 aliphatic rings. The SMILES string of the molecule is CCC/C=C\C/C=C\CCCCCCCC(=O)OC(COC(=O)CCCCCCCCCCCCC)COC(=O)CCCCCCCCCCCCCCCCCCCCCCCCCC. The minimum Gasteiger partial charge on any atom is -0.462 e. The van der Waals surface area contributed by atoms with E-state index in [0.717, 1.165) is 89.9 Å². The zero-order chi connectivity index (χ0) is 47.9. The van der Waals surface area contributed by atoms with Gasteiger partial charge in [-0.2, -0.15) is 0 Å². The average Bonchev–Trinajstić information content (AvgIpc) is 3.31. The van der Waals surface area contributed by atoms with E-state index in [1.54, 1.807) is 0 Å².